The maximum Gasteiger partial charge on any atom is 0.243 e. The van der Waals surface area contributed by atoms with E-state index in [1.807, 2.05) is 25.1 Å². The van der Waals surface area contributed by atoms with Crippen LogP contribution in [0.25, 0.3) is 0 Å². The van der Waals surface area contributed by atoms with Crippen LogP contribution >= 0.6 is 23.1 Å². The Hall–Kier alpha value is -2.98. The number of thioether (sulfide) groups is 1. The molecule has 0 bridgehead atoms. The molecule has 7 nitrogen and oxygen atoms in total. The van der Waals surface area contributed by atoms with E-state index >= 15 is 0 Å². The number of aryl methyl sites for hydroxylation is 2. The molecule has 0 spiro atoms. The molecule has 0 fully saturated rings. The van der Waals surface area contributed by atoms with Gasteiger partial charge in [-0.2, -0.15) is 0 Å². The van der Waals surface area contributed by atoms with Crippen LogP contribution in [0.1, 0.15) is 11.1 Å². The van der Waals surface area contributed by atoms with Crippen molar-refractivity contribution >= 4 is 51.4 Å². The number of anilines is 3. The second-order valence-corrected chi connectivity index (χ2v) is 9.09. The Labute approximate surface area is 188 Å². The van der Waals surface area contributed by atoms with Gasteiger partial charge in [0.1, 0.15) is 5.82 Å². The molecule has 10 heteroatoms. The van der Waals surface area contributed by atoms with Crippen LogP contribution in [0.4, 0.5) is 20.9 Å². The number of nitrogens with one attached hydrogen (secondary N) is 2. The molecule has 0 saturated carbocycles. The smallest absolute Gasteiger partial charge is 0.243 e. The van der Waals surface area contributed by atoms with Crippen molar-refractivity contribution in [3.63, 3.8) is 0 Å². The molecule has 162 valence electrons. The van der Waals surface area contributed by atoms with Gasteiger partial charge in [-0.15, -0.1) is 10.2 Å². The van der Waals surface area contributed by atoms with Crippen LogP contribution in [0.15, 0.2) is 46.8 Å². The summed E-state index contributed by atoms with van der Waals surface area (Å²) in [6.07, 6.45) is 0. The summed E-state index contributed by atoms with van der Waals surface area (Å²) in [5.41, 5.74) is 3.80. The van der Waals surface area contributed by atoms with Gasteiger partial charge in [0.05, 0.1) is 12.3 Å². The van der Waals surface area contributed by atoms with E-state index in [9.17, 15) is 14.0 Å². The lowest BCUT2D eigenvalue weighted by molar-refractivity contribution is -0.131. The summed E-state index contributed by atoms with van der Waals surface area (Å²) in [5.74, 6) is -0.814. The average Bonchev–Trinajstić information content (AvgIpc) is 3.18. The van der Waals surface area contributed by atoms with Crippen molar-refractivity contribution in [3.8, 4) is 0 Å². The van der Waals surface area contributed by atoms with Gasteiger partial charge in [-0.25, -0.2) is 4.39 Å². The second-order valence-electron chi connectivity index (χ2n) is 6.89. The molecule has 3 aromatic rings. The van der Waals surface area contributed by atoms with Crippen LogP contribution in [-0.4, -0.2) is 46.3 Å². The van der Waals surface area contributed by atoms with Gasteiger partial charge in [-0.1, -0.05) is 29.2 Å². The van der Waals surface area contributed by atoms with Crippen LogP contribution < -0.4 is 10.6 Å². The largest absolute Gasteiger partial charge is 0.336 e. The fraction of sp³-hybridized carbons (Fsp3) is 0.238. The predicted octanol–water partition coefficient (Wildman–Crippen LogP) is 4.23. The highest BCUT2D eigenvalue weighted by molar-refractivity contribution is 8.01. The Morgan fingerprint density at radius 2 is 1.77 bits per heavy atom. The molecule has 1 heterocycles. The Kier molecular flexibility index (Phi) is 7.59. The zero-order valence-electron chi connectivity index (χ0n) is 17.3. The van der Waals surface area contributed by atoms with E-state index in [4.69, 9.17) is 0 Å². The van der Waals surface area contributed by atoms with E-state index in [0.29, 0.717) is 15.2 Å². The van der Waals surface area contributed by atoms with Crippen molar-refractivity contribution < 1.29 is 14.0 Å². The summed E-state index contributed by atoms with van der Waals surface area (Å²) in [6, 6.07) is 11.5. The number of nitrogens with zero attached hydrogens (tertiary/aromatic N) is 3. The molecule has 1 aromatic heterocycles. The number of likely N-dealkylation sites (N-methyl/N-ethyl adjacent to an activating group) is 1. The van der Waals surface area contributed by atoms with Crippen molar-refractivity contribution in [1.29, 1.82) is 0 Å². The SMILES string of the molecule is Cc1ccc(Nc2nnc(SCC(=O)N(C)CC(=O)Nc3ccc(F)cc3)s2)cc1C. The highest BCUT2D eigenvalue weighted by Crippen LogP contribution is 2.28. The molecule has 0 unspecified atom stereocenters. The van der Waals surface area contributed by atoms with Gasteiger partial charge >= 0.3 is 0 Å². The molecule has 0 aliphatic heterocycles. The fourth-order valence-electron chi connectivity index (χ4n) is 2.53. The molecule has 0 atom stereocenters. The van der Waals surface area contributed by atoms with Gasteiger partial charge in [-0.3, -0.25) is 9.59 Å². The van der Waals surface area contributed by atoms with Crippen LogP contribution in [-0.2, 0) is 9.59 Å². The van der Waals surface area contributed by atoms with Crippen molar-refractivity contribution in [3.05, 3.63) is 59.4 Å². The van der Waals surface area contributed by atoms with Gasteiger partial charge in [0, 0.05) is 18.4 Å². The van der Waals surface area contributed by atoms with Crippen LogP contribution in [0.3, 0.4) is 0 Å². The number of hydrogen-bond acceptors (Lipinski definition) is 7. The minimum absolute atomic E-state index is 0.105. The maximum absolute atomic E-state index is 12.9. The molecule has 0 aliphatic carbocycles. The van der Waals surface area contributed by atoms with E-state index < -0.39 is 0 Å². The van der Waals surface area contributed by atoms with Gasteiger partial charge in [0.25, 0.3) is 0 Å². The zero-order chi connectivity index (χ0) is 22.4. The van der Waals surface area contributed by atoms with Crippen LogP contribution in [0.2, 0.25) is 0 Å². The number of hydrogen-bond donors (Lipinski definition) is 2. The number of carbonyl (C=O) groups is 2. The maximum atomic E-state index is 12.9. The average molecular weight is 460 g/mol. The molecule has 31 heavy (non-hydrogen) atoms. The Balaban J connectivity index is 1.45. The summed E-state index contributed by atoms with van der Waals surface area (Å²) in [4.78, 5) is 25.7. The van der Waals surface area contributed by atoms with Crippen LogP contribution in [0, 0.1) is 19.7 Å². The second kappa shape index (κ2) is 10.4. The van der Waals surface area contributed by atoms with E-state index in [2.05, 4.69) is 27.8 Å². The van der Waals surface area contributed by atoms with Crippen molar-refractivity contribution in [2.75, 3.05) is 30.0 Å². The van der Waals surface area contributed by atoms with Crippen LogP contribution in [0.5, 0.6) is 0 Å². The van der Waals surface area contributed by atoms with Gasteiger partial charge < -0.3 is 15.5 Å². The third kappa shape index (κ3) is 6.76. The lowest BCUT2D eigenvalue weighted by Gasteiger charge is -2.16. The minimum Gasteiger partial charge on any atom is -0.336 e. The Bertz CT molecular complexity index is 1070. The number of aromatic nitrogens is 2. The first-order valence-electron chi connectivity index (χ1n) is 9.40. The lowest BCUT2D eigenvalue weighted by atomic mass is 10.1. The molecule has 0 aliphatic rings. The first kappa shape index (κ1) is 22.7. The molecule has 0 saturated heterocycles. The van der Waals surface area contributed by atoms with Gasteiger partial charge in [-0.05, 0) is 61.4 Å². The number of halogens is 1. The van der Waals surface area contributed by atoms with Crippen molar-refractivity contribution in [1.82, 2.24) is 15.1 Å². The van der Waals surface area contributed by atoms with E-state index in [1.165, 1.54) is 63.4 Å². The van der Waals surface area contributed by atoms with Crippen molar-refractivity contribution in [2.24, 2.45) is 0 Å². The Morgan fingerprint density at radius 1 is 1.06 bits per heavy atom. The minimum atomic E-state index is -0.383. The first-order chi connectivity index (χ1) is 14.8. The summed E-state index contributed by atoms with van der Waals surface area (Å²) in [7, 11) is 1.56. The summed E-state index contributed by atoms with van der Waals surface area (Å²) in [6.45, 7) is 4.00. The summed E-state index contributed by atoms with van der Waals surface area (Å²) in [5, 5.41) is 14.7. The molecule has 0 radical (unpaired) electrons. The molecular weight excluding hydrogens is 437 g/mol. The first-order valence-corrected chi connectivity index (χ1v) is 11.2. The topological polar surface area (TPSA) is 87.2 Å². The monoisotopic (exact) mass is 459 g/mol. The molecule has 2 amide bonds. The van der Waals surface area contributed by atoms with E-state index in [1.54, 1.807) is 7.05 Å². The summed E-state index contributed by atoms with van der Waals surface area (Å²) < 4.78 is 13.6. The quantitative estimate of drug-likeness (QED) is 0.491. The standard InChI is InChI=1S/C21H22FN5O2S2/c1-13-4-7-17(10-14(13)2)24-20-25-26-21(31-20)30-12-19(29)27(3)11-18(28)23-16-8-5-15(22)6-9-16/h4-10H,11-12H2,1-3H3,(H,23,28)(H,24,25). The number of benzene rings is 2. The highest BCUT2D eigenvalue weighted by Gasteiger charge is 2.15. The number of amides is 2. The third-order valence-corrected chi connectivity index (χ3v) is 6.38. The molecular formula is C21H22FN5O2S2. The summed E-state index contributed by atoms with van der Waals surface area (Å²) >= 11 is 2.62. The lowest BCUT2D eigenvalue weighted by Crippen LogP contribution is -2.35. The predicted molar refractivity (Wildman–Crippen MR) is 122 cm³/mol. The normalized spacial score (nSPS) is 10.6. The molecule has 3 rings (SSSR count). The van der Waals surface area contributed by atoms with Gasteiger partial charge in [0.15, 0.2) is 4.34 Å². The van der Waals surface area contributed by atoms with Gasteiger partial charge in [0.2, 0.25) is 16.9 Å². The third-order valence-electron chi connectivity index (χ3n) is 4.42. The fourth-order valence-corrected chi connectivity index (χ4v) is 4.25. The number of carbonyl (C=O) groups excluding carboxylic acids is 2. The van der Waals surface area contributed by atoms with Crippen molar-refractivity contribution in [2.45, 2.75) is 18.2 Å². The number of rotatable bonds is 8. The Morgan fingerprint density at radius 3 is 2.48 bits per heavy atom. The zero-order valence-corrected chi connectivity index (χ0v) is 18.9. The highest BCUT2D eigenvalue weighted by atomic mass is 32.2. The molecule has 2 N–H and O–H groups in total. The molecule has 2 aromatic carbocycles. The van der Waals surface area contributed by atoms with E-state index in [0.717, 1.165) is 5.69 Å². The van der Waals surface area contributed by atoms with E-state index in [-0.39, 0.29) is 29.9 Å².